The van der Waals surface area contributed by atoms with Crippen molar-refractivity contribution < 1.29 is 14.3 Å². The van der Waals surface area contributed by atoms with Crippen molar-refractivity contribution >= 4 is 5.97 Å². The summed E-state index contributed by atoms with van der Waals surface area (Å²) < 4.78 is 14.6. The van der Waals surface area contributed by atoms with Gasteiger partial charge in [0.15, 0.2) is 0 Å². The number of ether oxygens (including phenoxy) is 2. The van der Waals surface area contributed by atoms with Gasteiger partial charge in [0.25, 0.3) is 0 Å². The number of methoxy groups -OCH3 is 1. The Hall–Kier alpha value is -2.08. The van der Waals surface area contributed by atoms with Crippen molar-refractivity contribution in [3.05, 3.63) is 36.3 Å². The first-order valence-corrected chi connectivity index (χ1v) is 7.58. The third kappa shape index (κ3) is 2.92. The third-order valence-electron chi connectivity index (χ3n) is 4.16. The Morgan fingerprint density at radius 3 is 2.73 bits per heavy atom. The number of aromatic nitrogens is 3. The van der Waals surface area contributed by atoms with E-state index >= 15 is 0 Å². The number of aryl methyl sites for hydroxylation is 1. The Labute approximate surface area is 129 Å². The van der Waals surface area contributed by atoms with E-state index in [1.54, 1.807) is 18.0 Å². The molecule has 0 bridgehead atoms. The quantitative estimate of drug-likeness (QED) is 0.813. The lowest BCUT2D eigenvalue weighted by Crippen LogP contribution is -2.29. The van der Waals surface area contributed by atoms with Crippen molar-refractivity contribution in [1.82, 2.24) is 14.3 Å². The van der Waals surface area contributed by atoms with Gasteiger partial charge in [0.05, 0.1) is 12.3 Å². The fraction of sp³-hybridized carbons (Fsp3) is 0.500. The first kappa shape index (κ1) is 14.8. The number of carbonyl (C=O) groups is 1. The first-order valence-electron chi connectivity index (χ1n) is 7.58. The van der Waals surface area contributed by atoms with E-state index in [1.165, 1.54) is 0 Å². The van der Waals surface area contributed by atoms with Crippen molar-refractivity contribution in [2.24, 2.45) is 7.05 Å². The number of hydrogen-bond donors (Lipinski definition) is 0. The molecule has 0 spiro atoms. The van der Waals surface area contributed by atoms with E-state index < -0.39 is 0 Å². The standard InChI is InChI=1S/C16H21N3O3/c1-18-15(19-8-3-4-9-19)14(11-17-18)16(20)22-13-7-5-6-12(10-13)21-2/h3-4,8-9,11-13H,5-7,10H2,1-2H3. The van der Waals surface area contributed by atoms with E-state index in [9.17, 15) is 4.79 Å². The second-order valence-electron chi connectivity index (χ2n) is 5.65. The van der Waals surface area contributed by atoms with Crippen LogP contribution < -0.4 is 0 Å². The molecule has 2 atom stereocenters. The molecule has 0 aliphatic heterocycles. The maximum atomic E-state index is 12.5. The highest BCUT2D eigenvalue weighted by Crippen LogP contribution is 2.25. The molecule has 1 saturated carbocycles. The minimum atomic E-state index is -0.321. The summed E-state index contributed by atoms with van der Waals surface area (Å²) in [6, 6.07) is 3.82. The molecule has 1 aliphatic rings. The minimum absolute atomic E-state index is 0.0797. The van der Waals surface area contributed by atoms with Gasteiger partial charge in [-0.2, -0.15) is 5.10 Å². The van der Waals surface area contributed by atoms with Crippen LogP contribution in [0.25, 0.3) is 5.82 Å². The minimum Gasteiger partial charge on any atom is -0.459 e. The Morgan fingerprint density at radius 1 is 1.27 bits per heavy atom. The van der Waals surface area contributed by atoms with Gasteiger partial charge < -0.3 is 14.0 Å². The molecule has 0 radical (unpaired) electrons. The van der Waals surface area contributed by atoms with E-state index in [4.69, 9.17) is 9.47 Å². The van der Waals surface area contributed by atoms with Gasteiger partial charge in [-0.05, 0) is 31.4 Å². The average Bonchev–Trinajstić information content (AvgIpc) is 3.16. The van der Waals surface area contributed by atoms with Gasteiger partial charge >= 0.3 is 5.97 Å². The van der Waals surface area contributed by atoms with Gasteiger partial charge in [-0.1, -0.05) is 0 Å². The van der Waals surface area contributed by atoms with E-state index in [1.807, 2.05) is 36.1 Å². The monoisotopic (exact) mass is 303 g/mol. The summed E-state index contributed by atoms with van der Waals surface area (Å²) in [6.45, 7) is 0. The predicted molar refractivity (Wildman–Crippen MR) is 81.0 cm³/mol. The fourth-order valence-corrected chi connectivity index (χ4v) is 3.00. The van der Waals surface area contributed by atoms with Crippen LogP contribution in [0.15, 0.2) is 30.7 Å². The average molecular weight is 303 g/mol. The molecule has 0 amide bonds. The summed E-state index contributed by atoms with van der Waals surface area (Å²) in [7, 11) is 3.52. The van der Waals surface area contributed by atoms with Crippen molar-refractivity contribution in [3.8, 4) is 5.82 Å². The highest BCUT2D eigenvalue weighted by molar-refractivity contribution is 5.92. The zero-order valence-electron chi connectivity index (χ0n) is 12.9. The van der Waals surface area contributed by atoms with Gasteiger partial charge in [-0.3, -0.25) is 4.68 Å². The van der Waals surface area contributed by atoms with Crippen LogP contribution in [0, 0.1) is 0 Å². The van der Waals surface area contributed by atoms with Gasteiger partial charge in [0.1, 0.15) is 17.5 Å². The third-order valence-corrected chi connectivity index (χ3v) is 4.16. The second kappa shape index (κ2) is 6.36. The van der Waals surface area contributed by atoms with Gasteiger partial charge in [-0.25, -0.2) is 4.79 Å². The Bertz CT molecular complexity index is 633. The van der Waals surface area contributed by atoms with Crippen LogP contribution in [-0.2, 0) is 16.5 Å². The largest absolute Gasteiger partial charge is 0.459 e. The van der Waals surface area contributed by atoms with Gasteiger partial charge in [0, 0.05) is 33.0 Å². The molecule has 1 aliphatic carbocycles. The zero-order chi connectivity index (χ0) is 15.5. The SMILES string of the molecule is COC1CCCC(OC(=O)c2cnn(C)c2-n2cccc2)C1. The van der Waals surface area contributed by atoms with Crippen molar-refractivity contribution in [1.29, 1.82) is 0 Å². The summed E-state index contributed by atoms with van der Waals surface area (Å²) in [5.41, 5.74) is 0.484. The molecule has 1 fully saturated rings. The molecule has 0 N–H and O–H groups in total. The molecule has 118 valence electrons. The molecule has 2 heterocycles. The molecular formula is C16H21N3O3. The molecule has 0 saturated heterocycles. The van der Waals surface area contributed by atoms with Gasteiger partial charge in [-0.15, -0.1) is 0 Å². The van der Waals surface area contributed by atoms with Crippen LogP contribution in [-0.4, -0.2) is 39.6 Å². The topological polar surface area (TPSA) is 58.3 Å². The van der Waals surface area contributed by atoms with E-state index in [2.05, 4.69) is 5.10 Å². The Balaban J connectivity index is 1.76. The lowest BCUT2D eigenvalue weighted by molar-refractivity contribution is -0.0149. The van der Waals surface area contributed by atoms with Gasteiger partial charge in [0.2, 0.25) is 0 Å². The lowest BCUT2D eigenvalue weighted by atomic mass is 9.95. The van der Waals surface area contributed by atoms with Crippen LogP contribution in [0.3, 0.4) is 0 Å². The molecule has 6 nitrogen and oxygen atoms in total. The van der Waals surface area contributed by atoms with Crippen molar-refractivity contribution in [2.45, 2.75) is 37.9 Å². The number of carbonyl (C=O) groups excluding carboxylic acids is 1. The van der Waals surface area contributed by atoms with E-state index in [0.29, 0.717) is 11.4 Å². The summed E-state index contributed by atoms with van der Waals surface area (Å²) in [5, 5.41) is 4.19. The van der Waals surface area contributed by atoms with E-state index in [-0.39, 0.29) is 18.2 Å². The summed E-state index contributed by atoms with van der Waals surface area (Å²) in [6.07, 6.45) is 9.15. The molecule has 2 unspecified atom stereocenters. The van der Waals surface area contributed by atoms with Crippen LogP contribution in [0.4, 0.5) is 0 Å². The maximum Gasteiger partial charge on any atom is 0.343 e. The molecule has 22 heavy (non-hydrogen) atoms. The molecule has 2 aromatic heterocycles. The van der Waals surface area contributed by atoms with Crippen molar-refractivity contribution in [2.75, 3.05) is 7.11 Å². The summed E-state index contributed by atoms with van der Waals surface area (Å²) >= 11 is 0. The van der Waals surface area contributed by atoms with Crippen LogP contribution in [0.1, 0.15) is 36.0 Å². The molecule has 2 aromatic rings. The zero-order valence-corrected chi connectivity index (χ0v) is 12.9. The smallest absolute Gasteiger partial charge is 0.343 e. The van der Waals surface area contributed by atoms with Crippen LogP contribution in [0.5, 0.6) is 0 Å². The number of hydrogen-bond acceptors (Lipinski definition) is 4. The number of nitrogens with zero attached hydrogens (tertiary/aromatic N) is 3. The highest BCUT2D eigenvalue weighted by atomic mass is 16.5. The number of rotatable bonds is 4. The van der Waals surface area contributed by atoms with E-state index in [0.717, 1.165) is 25.7 Å². The fourth-order valence-electron chi connectivity index (χ4n) is 3.00. The Kier molecular flexibility index (Phi) is 4.29. The lowest BCUT2D eigenvalue weighted by Gasteiger charge is -2.27. The van der Waals surface area contributed by atoms with Crippen LogP contribution in [0.2, 0.25) is 0 Å². The summed E-state index contributed by atoms with van der Waals surface area (Å²) in [5.74, 6) is 0.396. The highest BCUT2D eigenvalue weighted by Gasteiger charge is 2.27. The molecule has 6 heteroatoms. The first-order chi connectivity index (χ1) is 10.7. The Morgan fingerprint density at radius 2 is 2.00 bits per heavy atom. The second-order valence-corrected chi connectivity index (χ2v) is 5.65. The molecule has 3 rings (SSSR count). The predicted octanol–water partition coefficient (Wildman–Crippen LogP) is 2.33. The normalized spacial score (nSPS) is 21.7. The number of esters is 1. The van der Waals surface area contributed by atoms with Crippen LogP contribution >= 0.6 is 0 Å². The molecular weight excluding hydrogens is 282 g/mol. The molecule has 0 aromatic carbocycles. The van der Waals surface area contributed by atoms with Crippen molar-refractivity contribution in [3.63, 3.8) is 0 Å². The maximum absolute atomic E-state index is 12.5. The summed E-state index contributed by atoms with van der Waals surface area (Å²) in [4.78, 5) is 12.5.